The van der Waals surface area contributed by atoms with Gasteiger partial charge >= 0.3 is 0 Å². The third-order valence-electron chi connectivity index (χ3n) is 2.33. The molecule has 0 spiro atoms. The summed E-state index contributed by atoms with van der Waals surface area (Å²) in [6.07, 6.45) is 1.42. The highest BCUT2D eigenvalue weighted by Crippen LogP contribution is 2.33. The van der Waals surface area contributed by atoms with Crippen LogP contribution in [-0.2, 0) is 4.79 Å². The van der Waals surface area contributed by atoms with Gasteiger partial charge in [0.25, 0.3) is 5.91 Å². The molecule has 21 heavy (non-hydrogen) atoms. The topological polar surface area (TPSA) is 51.2 Å². The van der Waals surface area contributed by atoms with E-state index in [-0.39, 0.29) is 22.4 Å². The Bertz CT molecular complexity index is 662. The second kappa shape index (κ2) is 7.18. The summed E-state index contributed by atoms with van der Waals surface area (Å²) in [6, 6.07) is 6.08. The van der Waals surface area contributed by atoms with E-state index in [1.807, 2.05) is 0 Å². The van der Waals surface area contributed by atoms with Crippen LogP contribution in [-0.4, -0.2) is 17.5 Å². The van der Waals surface area contributed by atoms with Gasteiger partial charge in [-0.25, -0.2) is 4.98 Å². The molecule has 2 rings (SSSR count). The first-order valence-corrected chi connectivity index (χ1v) is 7.15. The van der Waals surface area contributed by atoms with Gasteiger partial charge < -0.3 is 10.1 Å². The van der Waals surface area contributed by atoms with Crippen LogP contribution < -0.4 is 10.1 Å². The van der Waals surface area contributed by atoms with E-state index >= 15 is 0 Å². The maximum absolute atomic E-state index is 11.7. The molecule has 1 amide bonds. The minimum absolute atomic E-state index is 0.248. The predicted molar refractivity (Wildman–Crippen MR) is 84.8 cm³/mol. The second-order valence-electron chi connectivity index (χ2n) is 3.90. The van der Waals surface area contributed by atoms with Crippen LogP contribution in [0.3, 0.4) is 0 Å². The second-order valence-corrected chi connectivity index (χ2v) is 5.55. The fourth-order valence-electron chi connectivity index (χ4n) is 1.39. The molecule has 0 aliphatic heterocycles. The number of halogens is 4. The van der Waals surface area contributed by atoms with Crippen molar-refractivity contribution in [2.24, 2.45) is 0 Å². The minimum Gasteiger partial charge on any atom is -0.482 e. The van der Waals surface area contributed by atoms with Gasteiger partial charge in [0, 0.05) is 12.3 Å². The van der Waals surface area contributed by atoms with E-state index < -0.39 is 5.91 Å². The number of benzene rings is 1. The van der Waals surface area contributed by atoms with Crippen molar-refractivity contribution in [2.75, 3.05) is 11.9 Å². The molecule has 4 nitrogen and oxygen atoms in total. The molecule has 0 fully saturated rings. The van der Waals surface area contributed by atoms with E-state index in [0.717, 1.165) is 0 Å². The van der Waals surface area contributed by atoms with Crippen LogP contribution >= 0.6 is 46.4 Å². The van der Waals surface area contributed by atoms with E-state index in [1.54, 1.807) is 12.1 Å². The molecule has 0 radical (unpaired) electrons. The molecule has 1 N–H and O–H groups in total. The Labute approximate surface area is 140 Å². The fourth-order valence-corrected chi connectivity index (χ4v) is 2.09. The lowest BCUT2D eigenvalue weighted by molar-refractivity contribution is -0.118. The fraction of sp³-hybridized carbons (Fsp3) is 0.0769. The number of rotatable bonds is 4. The normalized spacial score (nSPS) is 10.3. The molecular formula is C13H8Cl4N2O2. The smallest absolute Gasteiger partial charge is 0.263 e. The zero-order chi connectivity index (χ0) is 15.4. The molecule has 1 aromatic heterocycles. The quantitative estimate of drug-likeness (QED) is 0.798. The molecule has 8 heteroatoms. The molecular weight excluding hydrogens is 358 g/mol. The summed E-state index contributed by atoms with van der Waals surface area (Å²) in [4.78, 5) is 15.7. The molecule has 0 unspecified atom stereocenters. The van der Waals surface area contributed by atoms with Crippen LogP contribution in [0.2, 0.25) is 20.1 Å². The Morgan fingerprint density at radius 1 is 1.10 bits per heavy atom. The van der Waals surface area contributed by atoms with Crippen LogP contribution in [0.5, 0.6) is 5.75 Å². The molecule has 110 valence electrons. The summed E-state index contributed by atoms with van der Waals surface area (Å²) in [6.45, 7) is -0.248. The maximum Gasteiger partial charge on any atom is 0.263 e. The lowest BCUT2D eigenvalue weighted by Crippen LogP contribution is -2.20. The van der Waals surface area contributed by atoms with Gasteiger partial charge in [0.2, 0.25) is 0 Å². The number of carbonyl (C=O) groups excluding carboxylic acids is 1. The first kappa shape index (κ1) is 16.2. The van der Waals surface area contributed by atoms with Crippen LogP contribution in [0.25, 0.3) is 0 Å². The standard InChI is InChI=1S/C13H8Cl4N2O2/c14-7-1-2-12(18-5-7)19-13(20)6-21-11-4-9(16)8(15)3-10(11)17/h1-5H,6H2,(H,18,19,20). The highest BCUT2D eigenvalue weighted by atomic mass is 35.5. The van der Waals surface area contributed by atoms with Gasteiger partial charge in [-0.15, -0.1) is 0 Å². The monoisotopic (exact) mass is 364 g/mol. The third kappa shape index (κ3) is 4.64. The number of hydrogen-bond donors (Lipinski definition) is 1. The van der Waals surface area contributed by atoms with Crippen LogP contribution in [0.4, 0.5) is 5.82 Å². The molecule has 0 saturated heterocycles. The van der Waals surface area contributed by atoms with Gasteiger partial charge in [-0.2, -0.15) is 0 Å². The molecule has 0 saturated carbocycles. The van der Waals surface area contributed by atoms with E-state index in [2.05, 4.69) is 10.3 Å². The zero-order valence-electron chi connectivity index (χ0n) is 10.4. The third-order valence-corrected chi connectivity index (χ3v) is 3.57. The molecule has 0 bridgehead atoms. The van der Waals surface area contributed by atoms with Gasteiger partial charge in [-0.1, -0.05) is 46.4 Å². The van der Waals surface area contributed by atoms with Crippen molar-refractivity contribution in [3.8, 4) is 5.75 Å². The number of pyridine rings is 1. The maximum atomic E-state index is 11.7. The van der Waals surface area contributed by atoms with Gasteiger partial charge in [0.15, 0.2) is 6.61 Å². The Hall–Kier alpha value is -1.20. The van der Waals surface area contributed by atoms with E-state index in [4.69, 9.17) is 51.1 Å². The summed E-state index contributed by atoms with van der Waals surface area (Å²) in [5.74, 6) is 0.241. The Morgan fingerprint density at radius 2 is 1.81 bits per heavy atom. The Morgan fingerprint density at radius 3 is 2.48 bits per heavy atom. The lowest BCUT2D eigenvalue weighted by atomic mass is 10.3. The van der Waals surface area contributed by atoms with E-state index in [1.165, 1.54) is 18.3 Å². The molecule has 1 heterocycles. The number of carbonyl (C=O) groups is 1. The van der Waals surface area contributed by atoms with Gasteiger partial charge in [-0.3, -0.25) is 4.79 Å². The number of aromatic nitrogens is 1. The van der Waals surface area contributed by atoms with Crippen molar-refractivity contribution in [1.29, 1.82) is 0 Å². The number of hydrogen-bond acceptors (Lipinski definition) is 3. The van der Waals surface area contributed by atoms with Gasteiger partial charge in [-0.05, 0) is 18.2 Å². The molecule has 0 aliphatic rings. The summed E-state index contributed by atoms with van der Waals surface area (Å²) in [5.41, 5.74) is 0. The number of nitrogens with zero attached hydrogens (tertiary/aromatic N) is 1. The zero-order valence-corrected chi connectivity index (χ0v) is 13.4. The van der Waals surface area contributed by atoms with Crippen molar-refractivity contribution >= 4 is 58.1 Å². The first-order chi connectivity index (χ1) is 9.95. The number of ether oxygens (including phenoxy) is 1. The van der Waals surface area contributed by atoms with Crippen molar-refractivity contribution in [3.05, 3.63) is 50.6 Å². The largest absolute Gasteiger partial charge is 0.482 e. The molecule has 0 atom stereocenters. The molecule has 1 aromatic carbocycles. The minimum atomic E-state index is -0.396. The summed E-state index contributed by atoms with van der Waals surface area (Å²) >= 11 is 23.3. The number of nitrogens with one attached hydrogen (secondary N) is 1. The summed E-state index contributed by atoms with van der Waals surface area (Å²) < 4.78 is 5.29. The van der Waals surface area contributed by atoms with Gasteiger partial charge in [0.05, 0.1) is 20.1 Å². The van der Waals surface area contributed by atoms with Crippen LogP contribution in [0, 0.1) is 0 Å². The predicted octanol–water partition coefficient (Wildman–Crippen LogP) is 4.71. The van der Waals surface area contributed by atoms with Crippen molar-refractivity contribution in [1.82, 2.24) is 4.98 Å². The summed E-state index contributed by atoms with van der Waals surface area (Å²) in [7, 11) is 0. The van der Waals surface area contributed by atoms with E-state index in [0.29, 0.717) is 15.9 Å². The van der Waals surface area contributed by atoms with Crippen molar-refractivity contribution in [3.63, 3.8) is 0 Å². The highest BCUT2D eigenvalue weighted by molar-refractivity contribution is 6.43. The molecule has 2 aromatic rings. The average molecular weight is 366 g/mol. The van der Waals surface area contributed by atoms with Crippen LogP contribution in [0.1, 0.15) is 0 Å². The first-order valence-electron chi connectivity index (χ1n) is 5.64. The number of anilines is 1. The van der Waals surface area contributed by atoms with Crippen molar-refractivity contribution < 1.29 is 9.53 Å². The van der Waals surface area contributed by atoms with Crippen LogP contribution in [0.15, 0.2) is 30.5 Å². The summed E-state index contributed by atoms with van der Waals surface area (Å²) in [5, 5.41) is 3.89. The van der Waals surface area contributed by atoms with Gasteiger partial charge in [0.1, 0.15) is 11.6 Å². The highest BCUT2D eigenvalue weighted by Gasteiger charge is 2.10. The number of amides is 1. The average Bonchev–Trinajstić information content (AvgIpc) is 2.44. The van der Waals surface area contributed by atoms with Crippen molar-refractivity contribution in [2.45, 2.75) is 0 Å². The Kier molecular flexibility index (Phi) is 5.53. The lowest BCUT2D eigenvalue weighted by Gasteiger charge is -2.09. The van der Waals surface area contributed by atoms with E-state index in [9.17, 15) is 4.79 Å². The Balaban J connectivity index is 1.95. The molecule has 0 aliphatic carbocycles. The SMILES string of the molecule is O=C(COc1cc(Cl)c(Cl)cc1Cl)Nc1ccc(Cl)cn1.